The molecule has 0 spiro atoms. The lowest BCUT2D eigenvalue weighted by Gasteiger charge is -2.27. The third-order valence-corrected chi connectivity index (χ3v) is 5.23. The summed E-state index contributed by atoms with van der Waals surface area (Å²) in [5.41, 5.74) is 1.16. The maximum absolute atomic E-state index is 13.7. The van der Waals surface area contributed by atoms with Crippen LogP contribution in [0.4, 0.5) is 14.5 Å². The number of rotatable bonds is 6. The fourth-order valence-electron chi connectivity index (χ4n) is 3.54. The molecule has 28 heavy (non-hydrogen) atoms. The van der Waals surface area contributed by atoms with Gasteiger partial charge in [-0.15, -0.1) is 0 Å². The van der Waals surface area contributed by atoms with Crippen molar-refractivity contribution in [2.75, 3.05) is 11.9 Å². The molecule has 0 aliphatic heterocycles. The van der Waals surface area contributed by atoms with Gasteiger partial charge >= 0.3 is 0 Å². The molecule has 2 aromatic carbocycles. The predicted octanol–water partition coefficient (Wildman–Crippen LogP) is 4.07. The summed E-state index contributed by atoms with van der Waals surface area (Å²) in [6.45, 7) is 0.498. The molecule has 0 saturated heterocycles. The molecule has 0 radical (unpaired) electrons. The monoisotopic (exact) mass is 386 g/mol. The van der Waals surface area contributed by atoms with Crippen molar-refractivity contribution < 1.29 is 18.4 Å². The SMILES string of the molecule is O=C(NCCc1ccc(F)cc1)C1CCC(C(=O)Nc2ccccc2F)CC1. The van der Waals surface area contributed by atoms with Crippen molar-refractivity contribution in [3.05, 3.63) is 65.7 Å². The minimum atomic E-state index is -0.454. The van der Waals surface area contributed by atoms with Gasteiger partial charge in [0.1, 0.15) is 11.6 Å². The van der Waals surface area contributed by atoms with Crippen LogP contribution in [0.25, 0.3) is 0 Å². The van der Waals surface area contributed by atoms with Crippen LogP contribution >= 0.6 is 0 Å². The van der Waals surface area contributed by atoms with Crippen molar-refractivity contribution in [3.8, 4) is 0 Å². The van der Waals surface area contributed by atoms with Crippen LogP contribution in [0.1, 0.15) is 31.2 Å². The highest BCUT2D eigenvalue weighted by Gasteiger charge is 2.30. The number of nitrogens with one attached hydrogen (secondary N) is 2. The first-order valence-corrected chi connectivity index (χ1v) is 9.60. The summed E-state index contributed by atoms with van der Waals surface area (Å²) in [6.07, 6.45) is 3.13. The number of halogens is 2. The Kier molecular flexibility index (Phi) is 6.74. The minimum Gasteiger partial charge on any atom is -0.356 e. The fourth-order valence-corrected chi connectivity index (χ4v) is 3.54. The number of hydrogen-bond donors (Lipinski definition) is 2. The van der Waals surface area contributed by atoms with Crippen molar-refractivity contribution in [1.29, 1.82) is 0 Å². The molecule has 0 atom stereocenters. The summed E-state index contributed by atoms with van der Waals surface area (Å²) >= 11 is 0. The molecule has 2 aromatic rings. The molecule has 6 heteroatoms. The van der Waals surface area contributed by atoms with Gasteiger partial charge in [-0.25, -0.2) is 8.78 Å². The zero-order chi connectivity index (χ0) is 19.9. The molecular weight excluding hydrogens is 362 g/mol. The van der Waals surface area contributed by atoms with Gasteiger partial charge in [0, 0.05) is 18.4 Å². The minimum absolute atomic E-state index is 0.00456. The number of amides is 2. The molecule has 1 fully saturated rings. The normalized spacial score (nSPS) is 19.1. The van der Waals surface area contributed by atoms with Crippen LogP contribution < -0.4 is 10.6 Å². The van der Waals surface area contributed by atoms with E-state index in [0.717, 1.165) is 5.56 Å². The van der Waals surface area contributed by atoms with Gasteiger partial charge in [0.05, 0.1) is 5.69 Å². The van der Waals surface area contributed by atoms with Gasteiger partial charge in [-0.2, -0.15) is 0 Å². The summed E-state index contributed by atoms with van der Waals surface area (Å²) in [7, 11) is 0. The maximum atomic E-state index is 13.7. The average molecular weight is 386 g/mol. The number of carbonyl (C=O) groups is 2. The van der Waals surface area contributed by atoms with Crippen LogP contribution in [0.3, 0.4) is 0 Å². The van der Waals surface area contributed by atoms with E-state index < -0.39 is 5.82 Å². The number of para-hydroxylation sites is 1. The predicted molar refractivity (Wildman–Crippen MR) is 104 cm³/mol. The molecule has 1 aliphatic carbocycles. The van der Waals surface area contributed by atoms with Crippen LogP contribution in [0.2, 0.25) is 0 Å². The lowest BCUT2D eigenvalue weighted by molar-refractivity contribution is -0.128. The quantitative estimate of drug-likeness (QED) is 0.786. The molecular formula is C22H24F2N2O2. The van der Waals surface area contributed by atoms with E-state index in [1.54, 1.807) is 24.3 Å². The molecule has 1 saturated carbocycles. The van der Waals surface area contributed by atoms with E-state index in [2.05, 4.69) is 10.6 Å². The zero-order valence-corrected chi connectivity index (χ0v) is 15.6. The van der Waals surface area contributed by atoms with Crippen molar-refractivity contribution in [3.63, 3.8) is 0 Å². The Balaban J connectivity index is 1.40. The first-order valence-electron chi connectivity index (χ1n) is 9.60. The topological polar surface area (TPSA) is 58.2 Å². The van der Waals surface area contributed by atoms with Crippen LogP contribution in [0.5, 0.6) is 0 Å². The van der Waals surface area contributed by atoms with Gasteiger partial charge in [-0.3, -0.25) is 9.59 Å². The Morgan fingerprint density at radius 1 is 0.857 bits per heavy atom. The van der Waals surface area contributed by atoms with E-state index in [4.69, 9.17) is 0 Å². The highest BCUT2D eigenvalue weighted by molar-refractivity contribution is 5.92. The fraction of sp³-hybridized carbons (Fsp3) is 0.364. The van der Waals surface area contributed by atoms with Gasteiger partial charge in [-0.05, 0) is 61.9 Å². The molecule has 0 aromatic heterocycles. The van der Waals surface area contributed by atoms with Crippen LogP contribution in [-0.2, 0) is 16.0 Å². The third kappa shape index (κ3) is 5.38. The van der Waals surface area contributed by atoms with Crippen LogP contribution in [0.15, 0.2) is 48.5 Å². The standard InChI is InChI=1S/C22H24F2N2O2/c23-18-11-5-15(6-12-18)13-14-25-21(27)16-7-9-17(10-8-16)22(28)26-20-4-2-1-3-19(20)24/h1-6,11-12,16-17H,7-10,13-14H2,(H,25,27)(H,26,28). The summed E-state index contributed by atoms with van der Waals surface area (Å²) in [5.74, 6) is -1.24. The Labute approximate surface area is 163 Å². The molecule has 0 unspecified atom stereocenters. The number of hydrogen-bond acceptors (Lipinski definition) is 2. The van der Waals surface area contributed by atoms with E-state index in [1.165, 1.54) is 24.3 Å². The molecule has 148 valence electrons. The van der Waals surface area contributed by atoms with E-state index in [9.17, 15) is 18.4 Å². The number of benzene rings is 2. The Bertz CT molecular complexity index is 816. The zero-order valence-electron chi connectivity index (χ0n) is 15.6. The third-order valence-electron chi connectivity index (χ3n) is 5.23. The van der Waals surface area contributed by atoms with Gasteiger partial charge in [-0.1, -0.05) is 24.3 Å². The summed E-state index contributed by atoms with van der Waals surface area (Å²) in [4.78, 5) is 24.7. The van der Waals surface area contributed by atoms with E-state index in [-0.39, 0.29) is 35.2 Å². The van der Waals surface area contributed by atoms with E-state index in [1.807, 2.05) is 0 Å². The van der Waals surface area contributed by atoms with Gasteiger partial charge in [0.25, 0.3) is 0 Å². The Morgan fingerprint density at radius 3 is 2.11 bits per heavy atom. The maximum Gasteiger partial charge on any atom is 0.227 e. The van der Waals surface area contributed by atoms with Gasteiger partial charge in [0.2, 0.25) is 11.8 Å². The smallest absolute Gasteiger partial charge is 0.227 e. The summed E-state index contributed by atoms with van der Waals surface area (Å²) in [5, 5.41) is 5.56. The first-order chi connectivity index (χ1) is 13.5. The number of carbonyl (C=O) groups excluding carboxylic acids is 2. The summed E-state index contributed by atoms with van der Waals surface area (Å²) in [6, 6.07) is 12.3. The van der Waals surface area contributed by atoms with Crippen molar-refractivity contribution >= 4 is 17.5 Å². The highest BCUT2D eigenvalue weighted by Crippen LogP contribution is 2.30. The molecule has 0 heterocycles. The van der Waals surface area contributed by atoms with Gasteiger partial charge < -0.3 is 10.6 Å². The van der Waals surface area contributed by atoms with E-state index >= 15 is 0 Å². The summed E-state index contributed by atoms with van der Waals surface area (Å²) < 4.78 is 26.6. The second-order valence-electron chi connectivity index (χ2n) is 7.19. The average Bonchev–Trinajstić information content (AvgIpc) is 2.71. The van der Waals surface area contributed by atoms with Crippen molar-refractivity contribution in [2.24, 2.45) is 11.8 Å². The van der Waals surface area contributed by atoms with Crippen LogP contribution in [0, 0.1) is 23.5 Å². The van der Waals surface area contributed by atoms with E-state index in [0.29, 0.717) is 38.6 Å². The van der Waals surface area contributed by atoms with Crippen molar-refractivity contribution in [1.82, 2.24) is 5.32 Å². The highest BCUT2D eigenvalue weighted by atomic mass is 19.1. The Hall–Kier alpha value is -2.76. The first kappa shape index (κ1) is 20.0. The van der Waals surface area contributed by atoms with Crippen molar-refractivity contribution in [2.45, 2.75) is 32.1 Å². The molecule has 1 aliphatic rings. The lowest BCUT2D eigenvalue weighted by Crippen LogP contribution is -2.36. The Morgan fingerprint density at radius 2 is 1.46 bits per heavy atom. The second-order valence-corrected chi connectivity index (χ2v) is 7.19. The second kappa shape index (κ2) is 9.44. The van der Waals surface area contributed by atoms with Gasteiger partial charge in [0.15, 0.2) is 0 Å². The molecule has 0 bridgehead atoms. The number of anilines is 1. The molecule has 4 nitrogen and oxygen atoms in total. The largest absolute Gasteiger partial charge is 0.356 e. The molecule has 2 amide bonds. The molecule has 3 rings (SSSR count). The lowest BCUT2D eigenvalue weighted by atomic mass is 9.81. The van der Waals surface area contributed by atoms with Crippen LogP contribution in [-0.4, -0.2) is 18.4 Å². The molecule has 2 N–H and O–H groups in total.